The Balaban J connectivity index is 0.00000484. The lowest BCUT2D eigenvalue weighted by Gasteiger charge is -2.08. The molecule has 1 aromatic carbocycles. The summed E-state index contributed by atoms with van der Waals surface area (Å²) < 4.78 is 5.59. The molecule has 8 heteroatoms. The Bertz CT molecular complexity index is 520. The van der Waals surface area contributed by atoms with Crippen LogP contribution < -0.4 is 21.7 Å². The van der Waals surface area contributed by atoms with Crippen molar-refractivity contribution < 1.29 is 9.57 Å². The zero-order valence-corrected chi connectivity index (χ0v) is 14.6. The van der Waals surface area contributed by atoms with E-state index in [2.05, 4.69) is 15.5 Å². The zero-order valence-electron chi connectivity index (χ0n) is 13.8. The topological polar surface area (TPSA) is 107 Å². The van der Waals surface area contributed by atoms with E-state index in [0.29, 0.717) is 19.6 Å². The molecule has 23 heavy (non-hydrogen) atoms. The highest BCUT2D eigenvalue weighted by atomic mass is 35.5. The largest absolute Gasteiger partial charge is 0.493 e. The molecule has 0 aliphatic carbocycles. The van der Waals surface area contributed by atoms with E-state index in [4.69, 9.17) is 21.0 Å². The number of nitrogens with two attached hydrogens (primary N) is 2. The minimum absolute atomic E-state index is 0. The second-order valence-electron chi connectivity index (χ2n) is 5.05. The predicted molar refractivity (Wildman–Crippen MR) is 96.0 cm³/mol. The van der Waals surface area contributed by atoms with Gasteiger partial charge in [-0.25, -0.2) is 10.5 Å². The van der Waals surface area contributed by atoms with Gasteiger partial charge in [-0.15, -0.1) is 12.4 Å². The molecule has 0 fully saturated rings. The molecule has 130 valence electrons. The average molecular weight is 344 g/mol. The van der Waals surface area contributed by atoms with Crippen LogP contribution in [0, 0.1) is 6.92 Å². The van der Waals surface area contributed by atoms with Crippen LogP contribution in [0.3, 0.4) is 0 Å². The number of guanidine groups is 2. The first-order chi connectivity index (χ1) is 10.5. The number of rotatable bonds is 7. The summed E-state index contributed by atoms with van der Waals surface area (Å²) in [5, 5.41) is 0. The van der Waals surface area contributed by atoms with E-state index in [-0.39, 0.29) is 30.4 Å². The van der Waals surface area contributed by atoms with Gasteiger partial charge in [-0.05, 0) is 38.5 Å². The molecule has 0 heterocycles. The smallest absolute Gasteiger partial charge is 0.221 e. The first-order valence-corrected chi connectivity index (χ1v) is 7.22. The molecule has 1 rings (SSSR count). The maximum atomic E-state index is 5.59. The summed E-state index contributed by atoms with van der Waals surface area (Å²) in [4.78, 5) is 13.0. The van der Waals surface area contributed by atoms with Gasteiger partial charge in [-0.3, -0.25) is 4.84 Å². The number of aryl methyl sites for hydroxylation is 1. The van der Waals surface area contributed by atoms with Crippen molar-refractivity contribution in [3.63, 3.8) is 0 Å². The van der Waals surface area contributed by atoms with Crippen LogP contribution in [-0.4, -0.2) is 31.2 Å². The van der Waals surface area contributed by atoms with E-state index in [1.807, 2.05) is 45.0 Å². The quantitative estimate of drug-likeness (QED) is 0.302. The van der Waals surface area contributed by atoms with E-state index in [9.17, 15) is 0 Å². The van der Waals surface area contributed by atoms with Crippen LogP contribution in [0.2, 0.25) is 0 Å². The Hall–Kier alpha value is -1.99. The Morgan fingerprint density at radius 1 is 1.26 bits per heavy atom. The van der Waals surface area contributed by atoms with Crippen molar-refractivity contribution in [2.45, 2.75) is 33.2 Å². The molecule has 0 atom stereocenters. The summed E-state index contributed by atoms with van der Waals surface area (Å²) >= 11 is 0. The summed E-state index contributed by atoms with van der Waals surface area (Å²) in [5.41, 5.74) is 14.8. The lowest BCUT2D eigenvalue weighted by molar-refractivity contribution is 0.0739. The van der Waals surface area contributed by atoms with Gasteiger partial charge in [0.15, 0.2) is 0 Å². The van der Waals surface area contributed by atoms with Crippen molar-refractivity contribution in [2.75, 3.05) is 13.2 Å². The van der Waals surface area contributed by atoms with Crippen LogP contribution in [0.25, 0.3) is 0 Å². The molecule has 0 amide bonds. The van der Waals surface area contributed by atoms with Crippen molar-refractivity contribution in [1.82, 2.24) is 5.48 Å². The van der Waals surface area contributed by atoms with Crippen LogP contribution in [0.1, 0.15) is 25.8 Å². The minimum atomic E-state index is 0. The molecule has 0 aliphatic heterocycles. The highest BCUT2D eigenvalue weighted by Crippen LogP contribution is 2.12. The second kappa shape index (κ2) is 11.6. The Labute approximate surface area is 143 Å². The Morgan fingerprint density at radius 3 is 2.65 bits per heavy atom. The summed E-state index contributed by atoms with van der Waals surface area (Å²) in [6.07, 6.45) is 0.712. The van der Waals surface area contributed by atoms with Crippen molar-refractivity contribution in [1.29, 1.82) is 0 Å². The van der Waals surface area contributed by atoms with E-state index in [1.54, 1.807) is 0 Å². The highest BCUT2D eigenvalue weighted by Gasteiger charge is 1.97. The summed E-state index contributed by atoms with van der Waals surface area (Å²) in [5.74, 6) is 1.04. The SMILES string of the molecule is Cc1cccc(OCCCON/C(N)=N/C(N)=NC(C)C)c1.Cl. The number of ether oxygens (including phenoxy) is 1. The number of benzene rings is 1. The first kappa shape index (κ1) is 21.0. The fourth-order valence-corrected chi connectivity index (χ4v) is 1.59. The number of hydroxylamine groups is 1. The zero-order chi connectivity index (χ0) is 16.4. The van der Waals surface area contributed by atoms with Gasteiger partial charge >= 0.3 is 0 Å². The fourth-order valence-electron chi connectivity index (χ4n) is 1.59. The maximum absolute atomic E-state index is 5.59. The van der Waals surface area contributed by atoms with Gasteiger partial charge in [0.2, 0.25) is 11.9 Å². The fraction of sp³-hybridized carbons (Fsp3) is 0.467. The van der Waals surface area contributed by atoms with Crippen LogP contribution in [0.5, 0.6) is 5.75 Å². The third kappa shape index (κ3) is 10.4. The number of aliphatic imine (C=N–C) groups is 2. The number of nitrogens with zero attached hydrogens (tertiary/aromatic N) is 2. The van der Waals surface area contributed by atoms with Crippen molar-refractivity contribution >= 4 is 24.3 Å². The number of halogens is 1. The third-order valence-electron chi connectivity index (χ3n) is 2.45. The third-order valence-corrected chi connectivity index (χ3v) is 2.45. The van der Waals surface area contributed by atoms with Gasteiger partial charge in [0, 0.05) is 12.5 Å². The van der Waals surface area contributed by atoms with E-state index in [1.165, 1.54) is 5.56 Å². The van der Waals surface area contributed by atoms with Crippen molar-refractivity contribution in [3.8, 4) is 5.75 Å². The van der Waals surface area contributed by atoms with Crippen molar-refractivity contribution in [2.24, 2.45) is 21.5 Å². The van der Waals surface area contributed by atoms with Gasteiger partial charge in [-0.1, -0.05) is 12.1 Å². The molecule has 0 radical (unpaired) electrons. The van der Waals surface area contributed by atoms with Crippen LogP contribution in [-0.2, 0) is 4.84 Å². The van der Waals surface area contributed by atoms with Gasteiger partial charge in [0.05, 0.1) is 13.2 Å². The molecule has 0 aromatic heterocycles. The van der Waals surface area contributed by atoms with Gasteiger partial charge in [0.1, 0.15) is 5.75 Å². The Morgan fingerprint density at radius 2 is 2.00 bits per heavy atom. The summed E-state index contributed by atoms with van der Waals surface area (Å²) in [6.45, 7) is 6.81. The molecule has 0 unspecified atom stereocenters. The first-order valence-electron chi connectivity index (χ1n) is 7.22. The monoisotopic (exact) mass is 343 g/mol. The molecule has 0 aliphatic rings. The normalized spacial score (nSPS) is 12.0. The molecule has 5 N–H and O–H groups in total. The molecule has 0 bridgehead atoms. The molecule has 1 aromatic rings. The summed E-state index contributed by atoms with van der Waals surface area (Å²) in [6, 6.07) is 7.96. The molecular weight excluding hydrogens is 318 g/mol. The van der Waals surface area contributed by atoms with Crippen LogP contribution >= 0.6 is 12.4 Å². The van der Waals surface area contributed by atoms with Gasteiger partial charge in [0.25, 0.3) is 0 Å². The second-order valence-corrected chi connectivity index (χ2v) is 5.05. The predicted octanol–water partition coefficient (Wildman–Crippen LogP) is 1.74. The van der Waals surface area contributed by atoms with Gasteiger partial charge in [-0.2, -0.15) is 4.99 Å². The molecule has 0 spiro atoms. The van der Waals surface area contributed by atoms with Crippen LogP contribution in [0.4, 0.5) is 0 Å². The minimum Gasteiger partial charge on any atom is -0.493 e. The maximum Gasteiger partial charge on any atom is 0.221 e. The number of hydrogen-bond acceptors (Lipinski definition) is 3. The molecular formula is C15H26ClN5O2. The van der Waals surface area contributed by atoms with E-state index < -0.39 is 0 Å². The summed E-state index contributed by atoms with van der Waals surface area (Å²) in [7, 11) is 0. The molecule has 0 saturated heterocycles. The number of nitrogens with one attached hydrogen (secondary N) is 1. The molecule has 0 saturated carbocycles. The van der Waals surface area contributed by atoms with E-state index in [0.717, 1.165) is 5.75 Å². The average Bonchev–Trinajstić information content (AvgIpc) is 2.41. The lowest BCUT2D eigenvalue weighted by Crippen LogP contribution is -2.34. The number of hydrogen-bond donors (Lipinski definition) is 3. The molecule has 7 nitrogen and oxygen atoms in total. The lowest BCUT2D eigenvalue weighted by atomic mass is 10.2. The van der Waals surface area contributed by atoms with Crippen molar-refractivity contribution in [3.05, 3.63) is 29.8 Å². The Kier molecular flexibility index (Phi) is 10.6. The van der Waals surface area contributed by atoms with E-state index >= 15 is 0 Å². The van der Waals surface area contributed by atoms with Gasteiger partial charge < -0.3 is 16.2 Å². The van der Waals surface area contributed by atoms with Crippen LogP contribution in [0.15, 0.2) is 34.3 Å². The highest BCUT2D eigenvalue weighted by molar-refractivity contribution is 5.92. The standard InChI is InChI=1S/C15H25N5O2.ClH/c1-11(2)18-14(16)19-15(17)20-22-9-5-8-21-13-7-4-6-12(3)10-13;/h4,6-7,10-11H,5,8-9H2,1-3H3,(H5,16,17,18,19,20);1H.